The van der Waals surface area contributed by atoms with E-state index in [0.717, 1.165) is 41.9 Å². The number of rotatable bonds is 22. The summed E-state index contributed by atoms with van der Waals surface area (Å²) in [6.07, 6.45) is 9.55. The molecule has 0 bridgehead atoms. The topological polar surface area (TPSA) is 91.3 Å². The van der Waals surface area contributed by atoms with Crippen molar-refractivity contribution in [1.82, 2.24) is 15.1 Å². The molecule has 0 radical (unpaired) electrons. The van der Waals surface area contributed by atoms with E-state index in [1.54, 1.807) is 0 Å². The van der Waals surface area contributed by atoms with Gasteiger partial charge in [0.05, 0.1) is 18.8 Å². The summed E-state index contributed by atoms with van der Waals surface area (Å²) in [4.78, 5) is 27.9. The molecule has 0 aromatic heterocycles. The second-order valence-electron chi connectivity index (χ2n) is 15.3. The first-order chi connectivity index (χ1) is 26.0. The van der Waals surface area contributed by atoms with Crippen LogP contribution in [0.3, 0.4) is 0 Å². The van der Waals surface area contributed by atoms with Crippen molar-refractivity contribution in [2.75, 3.05) is 26.2 Å². The highest BCUT2D eigenvalue weighted by Crippen LogP contribution is 2.42. The predicted octanol–water partition coefficient (Wildman–Crippen LogP) is 9.16. The van der Waals surface area contributed by atoms with E-state index in [-0.39, 0.29) is 44.2 Å². The third-order valence-electron chi connectivity index (χ3n) is 11.0. The van der Waals surface area contributed by atoms with Crippen molar-refractivity contribution in [3.05, 3.63) is 70.8 Å². The van der Waals surface area contributed by atoms with Crippen LogP contribution in [-0.4, -0.2) is 71.2 Å². The highest BCUT2D eigenvalue weighted by Gasteiger charge is 2.47. The van der Waals surface area contributed by atoms with Gasteiger partial charge in [0.15, 0.2) is 6.29 Å². The number of carbonyl (C=O) groups excluding carboxylic acids is 2. The van der Waals surface area contributed by atoms with Gasteiger partial charge in [-0.1, -0.05) is 134 Å². The Morgan fingerprint density at radius 1 is 0.815 bits per heavy atom. The first kappa shape index (κ1) is 43.7. The Kier molecular flexibility index (Phi) is 18.3. The van der Waals surface area contributed by atoms with Gasteiger partial charge in [0.2, 0.25) is 5.91 Å². The molecule has 0 spiro atoms. The SMILES string of the molecule is CCCCCCCCN(CCCCCCCC)C[C@@H]1O[C@H](c2ccc(CNC(=O)[C@@H]3CCCN3C(=O)C(F)(F)F)cc2)O[C@H](c2ccc(CO)cc2)[C@@H]1C. The summed E-state index contributed by atoms with van der Waals surface area (Å²) in [5, 5.41) is 12.4. The summed E-state index contributed by atoms with van der Waals surface area (Å²) in [7, 11) is 0. The van der Waals surface area contributed by atoms with Crippen LogP contribution < -0.4 is 5.32 Å². The number of nitrogens with zero attached hydrogens (tertiary/aromatic N) is 2. The number of ether oxygens (including phenoxy) is 2. The van der Waals surface area contributed by atoms with E-state index in [9.17, 15) is 27.9 Å². The Bertz CT molecular complexity index is 1370. The molecule has 54 heavy (non-hydrogen) atoms. The number of hydrogen-bond donors (Lipinski definition) is 2. The Labute approximate surface area is 321 Å². The highest BCUT2D eigenvalue weighted by atomic mass is 19.4. The zero-order valence-corrected chi connectivity index (χ0v) is 32.8. The number of amides is 2. The molecule has 2 N–H and O–H groups in total. The molecule has 2 aliphatic heterocycles. The zero-order chi connectivity index (χ0) is 38.9. The Morgan fingerprint density at radius 2 is 1.37 bits per heavy atom. The quantitative estimate of drug-likeness (QED) is 0.116. The smallest absolute Gasteiger partial charge is 0.392 e. The molecule has 0 saturated carbocycles. The average Bonchev–Trinajstić information content (AvgIpc) is 3.67. The minimum Gasteiger partial charge on any atom is -0.392 e. The Morgan fingerprint density at radius 3 is 1.94 bits per heavy atom. The van der Waals surface area contributed by atoms with Gasteiger partial charge in [0.1, 0.15) is 6.04 Å². The maximum absolute atomic E-state index is 13.1. The van der Waals surface area contributed by atoms with Crippen LogP contribution in [0.25, 0.3) is 0 Å². The van der Waals surface area contributed by atoms with E-state index in [4.69, 9.17) is 9.47 Å². The number of likely N-dealkylation sites (tertiary alicyclic amines) is 1. The zero-order valence-electron chi connectivity index (χ0n) is 32.8. The number of alkyl halides is 3. The third kappa shape index (κ3) is 13.3. The van der Waals surface area contributed by atoms with Crippen molar-refractivity contribution in [3.8, 4) is 0 Å². The molecule has 5 atom stereocenters. The van der Waals surface area contributed by atoms with E-state index < -0.39 is 30.3 Å². The summed E-state index contributed by atoms with van der Waals surface area (Å²) in [6.45, 7) is 9.56. The third-order valence-corrected chi connectivity index (χ3v) is 11.0. The minimum atomic E-state index is -5.01. The van der Waals surface area contributed by atoms with Crippen LogP contribution in [-0.2, 0) is 32.2 Å². The second kappa shape index (κ2) is 22.5. The molecule has 8 nitrogen and oxygen atoms in total. The highest BCUT2D eigenvalue weighted by molar-refractivity contribution is 5.90. The van der Waals surface area contributed by atoms with Gasteiger partial charge in [-0.05, 0) is 55.5 Å². The number of aliphatic hydroxyl groups is 1. The lowest BCUT2D eigenvalue weighted by atomic mass is 9.90. The fraction of sp³-hybridized carbons (Fsp3) is 0.674. The summed E-state index contributed by atoms with van der Waals surface area (Å²) in [5.41, 5.74) is 3.46. The molecule has 2 aliphatic rings. The van der Waals surface area contributed by atoms with Crippen molar-refractivity contribution >= 4 is 11.8 Å². The maximum Gasteiger partial charge on any atom is 0.471 e. The van der Waals surface area contributed by atoms with Gasteiger partial charge < -0.3 is 29.7 Å². The van der Waals surface area contributed by atoms with Gasteiger partial charge in [0, 0.05) is 31.1 Å². The minimum absolute atomic E-state index is 0.0288. The van der Waals surface area contributed by atoms with Crippen LogP contribution in [0.2, 0.25) is 0 Å². The number of nitrogens with one attached hydrogen (secondary N) is 1. The maximum atomic E-state index is 13.1. The fourth-order valence-electron chi connectivity index (χ4n) is 7.65. The van der Waals surface area contributed by atoms with Crippen LogP contribution in [0.15, 0.2) is 48.5 Å². The molecule has 2 saturated heterocycles. The molecule has 4 rings (SSSR count). The average molecular weight is 760 g/mol. The number of benzene rings is 2. The lowest BCUT2D eigenvalue weighted by Gasteiger charge is -2.43. The lowest BCUT2D eigenvalue weighted by Crippen LogP contribution is -2.50. The van der Waals surface area contributed by atoms with E-state index in [2.05, 4.69) is 31.0 Å². The standard InChI is InChI=1S/C43H64F3N3O5/c1-4-6-8-10-12-14-26-48(27-15-13-11-9-7-5-2)30-38-32(3)39(35-22-20-34(31-50)21-23-35)54-41(53-38)36-24-18-33(19-25-36)29-47-40(51)37-17-16-28-49(37)42(52)43(44,45)46/h18-25,32,37-39,41,50H,4-17,26-31H2,1-3H3,(H,47,51)/t32-,37+,38+,39+,41+/m1/s1. The van der Waals surface area contributed by atoms with Crippen molar-refractivity contribution in [1.29, 1.82) is 0 Å². The summed E-state index contributed by atoms with van der Waals surface area (Å²) in [5.74, 6) is -2.50. The summed E-state index contributed by atoms with van der Waals surface area (Å²) >= 11 is 0. The van der Waals surface area contributed by atoms with Gasteiger partial charge in [-0.25, -0.2) is 0 Å². The summed E-state index contributed by atoms with van der Waals surface area (Å²) < 4.78 is 52.7. The number of halogens is 3. The van der Waals surface area contributed by atoms with Gasteiger partial charge in [-0.3, -0.25) is 9.59 Å². The van der Waals surface area contributed by atoms with Crippen LogP contribution in [0, 0.1) is 5.92 Å². The van der Waals surface area contributed by atoms with Crippen LogP contribution in [0.4, 0.5) is 13.2 Å². The predicted molar refractivity (Wildman–Crippen MR) is 205 cm³/mol. The Balaban J connectivity index is 1.45. The van der Waals surface area contributed by atoms with Crippen molar-refractivity contribution in [2.24, 2.45) is 5.92 Å². The van der Waals surface area contributed by atoms with Gasteiger partial charge >= 0.3 is 12.1 Å². The van der Waals surface area contributed by atoms with Gasteiger partial charge in [-0.2, -0.15) is 13.2 Å². The molecule has 0 unspecified atom stereocenters. The number of unbranched alkanes of at least 4 members (excludes halogenated alkanes) is 10. The van der Waals surface area contributed by atoms with Crippen LogP contribution in [0.5, 0.6) is 0 Å². The molecule has 2 aromatic rings. The van der Waals surface area contributed by atoms with Gasteiger partial charge in [-0.15, -0.1) is 0 Å². The number of hydrogen-bond acceptors (Lipinski definition) is 6. The van der Waals surface area contributed by atoms with E-state index in [1.165, 1.54) is 77.0 Å². The molecular weight excluding hydrogens is 695 g/mol. The number of aliphatic hydroxyl groups excluding tert-OH is 1. The molecule has 2 aromatic carbocycles. The number of carbonyl (C=O) groups is 2. The molecule has 2 heterocycles. The van der Waals surface area contributed by atoms with E-state index >= 15 is 0 Å². The van der Waals surface area contributed by atoms with Gasteiger partial charge in [0.25, 0.3) is 0 Å². The van der Waals surface area contributed by atoms with Crippen molar-refractivity contribution in [2.45, 2.75) is 155 Å². The molecule has 302 valence electrons. The fourth-order valence-corrected chi connectivity index (χ4v) is 7.65. The second-order valence-corrected chi connectivity index (χ2v) is 15.3. The monoisotopic (exact) mass is 759 g/mol. The summed E-state index contributed by atoms with van der Waals surface area (Å²) in [6, 6.07) is 14.3. The molecule has 11 heteroatoms. The first-order valence-corrected chi connectivity index (χ1v) is 20.5. The van der Waals surface area contributed by atoms with E-state index in [0.29, 0.717) is 11.3 Å². The lowest BCUT2D eigenvalue weighted by molar-refractivity contribution is -0.276. The molecular formula is C43H64F3N3O5. The largest absolute Gasteiger partial charge is 0.471 e. The first-order valence-electron chi connectivity index (χ1n) is 20.5. The molecule has 2 amide bonds. The normalized spacial score (nSPS) is 21.9. The molecule has 0 aliphatic carbocycles. The van der Waals surface area contributed by atoms with Crippen molar-refractivity contribution in [3.63, 3.8) is 0 Å². The van der Waals surface area contributed by atoms with Crippen LogP contribution >= 0.6 is 0 Å². The Hall–Kier alpha value is -2.99. The van der Waals surface area contributed by atoms with Crippen LogP contribution in [0.1, 0.15) is 145 Å². The van der Waals surface area contributed by atoms with E-state index in [1.807, 2.05) is 48.5 Å². The van der Waals surface area contributed by atoms with Crippen molar-refractivity contribution < 1.29 is 37.3 Å². The molecule has 2 fully saturated rings.